The summed E-state index contributed by atoms with van der Waals surface area (Å²) in [5.41, 5.74) is 0. The zero-order valence-corrected chi connectivity index (χ0v) is 8.94. The molecule has 0 aromatic rings. The highest BCUT2D eigenvalue weighted by Crippen LogP contribution is 2.48. The molecular weight excluding hydrogens is 195 g/mol. The van der Waals surface area contributed by atoms with E-state index in [2.05, 4.69) is 6.58 Å². The fourth-order valence-corrected chi connectivity index (χ4v) is 2.89. The van der Waals surface area contributed by atoms with Gasteiger partial charge in [0.25, 0.3) is 0 Å². The minimum absolute atomic E-state index is 0.0252. The van der Waals surface area contributed by atoms with E-state index in [1.807, 2.05) is 6.92 Å². The van der Waals surface area contributed by atoms with Crippen molar-refractivity contribution in [2.75, 3.05) is 26.0 Å². The van der Waals surface area contributed by atoms with Gasteiger partial charge < -0.3 is 14.2 Å². The van der Waals surface area contributed by atoms with E-state index in [-0.39, 0.29) is 13.2 Å². The summed E-state index contributed by atoms with van der Waals surface area (Å²) in [4.78, 5) is 0. The van der Waals surface area contributed by atoms with E-state index in [0.29, 0.717) is 12.8 Å². The summed E-state index contributed by atoms with van der Waals surface area (Å²) in [6, 6.07) is 0. The molecule has 0 rings (SSSR count). The first kappa shape index (κ1) is 12.3. The highest BCUT2D eigenvalue weighted by molar-refractivity contribution is 8.10. The molecule has 0 radical (unpaired) electrons. The molecule has 3 nitrogen and oxygen atoms in total. The van der Waals surface area contributed by atoms with Gasteiger partial charge >= 0.3 is 0 Å². The van der Waals surface area contributed by atoms with Crippen LogP contribution in [0.4, 0.5) is 0 Å². The molecule has 72 valence electrons. The summed E-state index contributed by atoms with van der Waals surface area (Å²) in [7, 11) is 0. The summed E-state index contributed by atoms with van der Waals surface area (Å²) >= 11 is 5.15. The van der Waals surface area contributed by atoms with Crippen LogP contribution in [-0.2, 0) is 20.9 Å². The summed E-state index contributed by atoms with van der Waals surface area (Å²) in [5.74, 6) is 0. The predicted octanol–water partition coefficient (Wildman–Crippen LogP) is 1.53. The Morgan fingerprint density at radius 1 is 1.58 bits per heavy atom. The molecule has 0 amide bonds. The van der Waals surface area contributed by atoms with Gasteiger partial charge in [-0.1, -0.05) is 6.08 Å². The Bertz CT molecular complexity index is 172. The predicted molar refractivity (Wildman–Crippen MR) is 54.0 cm³/mol. The molecule has 12 heavy (non-hydrogen) atoms. The molecule has 0 aliphatic carbocycles. The second-order valence-electron chi connectivity index (χ2n) is 2.06. The van der Waals surface area contributed by atoms with Crippen LogP contribution in [0, 0.1) is 0 Å². The highest BCUT2D eigenvalue weighted by atomic mass is 32.5. The van der Waals surface area contributed by atoms with Gasteiger partial charge in [0.05, 0.1) is 19.8 Å². The monoisotopic (exact) mass is 210 g/mol. The van der Waals surface area contributed by atoms with Gasteiger partial charge in [0.2, 0.25) is 0 Å². The van der Waals surface area contributed by atoms with Crippen LogP contribution in [0.15, 0.2) is 12.7 Å². The minimum Gasteiger partial charge on any atom is -0.394 e. The smallest absolute Gasteiger partial charge is 0.192 e. The van der Waals surface area contributed by atoms with E-state index in [9.17, 15) is 0 Å². The number of aliphatic hydroxyl groups excluding tert-OH is 1. The number of allylic oxidation sites excluding steroid dienone is 1. The quantitative estimate of drug-likeness (QED) is 0.511. The molecular formula is C7H15O3PS. The lowest BCUT2D eigenvalue weighted by Gasteiger charge is -2.19. The van der Waals surface area contributed by atoms with Crippen LogP contribution in [0.5, 0.6) is 0 Å². The molecule has 0 aliphatic rings. The summed E-state index contributed by atoms with van der Waals surface area (Å²) in [6.07, 6.45) is 2.24. The van der Waals surface area contributed by atoms with Crippen molar-refractivity contribution < 1.29 is 14.2 Å². The average Bonchev–Trinajstić information content (AvgIpc) is 2.02. The Labute approximate surface area is 78.6 Å². The molecule has 1 atom stereocenters. The average molecular weight is 210 g/mol. The third-order valence-corrected chi connectivity index (χ3v) is 4.07. The lowest BCUT2D eigenvalue weighted by atomic mass is 10.8. The molecule has 1 N–H and O–H groups in total. The summed E-state index contributed by atoms with van der Waals surface area (Å²) in [6.45, 7) is 4.02. The van der Waals surface area contributed by atoms with Gasteiger partial charge in [-0.2, -0.15) is 0 Å². The second kappa shape index (κ2) is 6.75. The number of hydrogen-bond donors (Lipinski definition) is 1. The van der Waals surface area contributed by atoms with Crippen molar-refractivity contribution in [3.05, 3.63) is 12.7 Å². The van der Waals surface area contributed by atoms with Gasteiger partial charge in [0.15, 0.2) is 6.49 Å². The Kier molecular flexibility index (Phi) is 6.90. The van der Waals surface area contributed by atoms with E-state index in [4.69, 9.17) is 26.0 Å². The number of aliphatic hydroxyl groups is 1. The van der Waals surface area contributed by atoms with Crippen molar-refractivity contribution in [3.63, 3.8) is 0 Å². The van der Waals surface area contributed by atoms with Crippen molar-refractivity contribution in [2.24, 2.45) is 0 Å². The highest BCUT2D eigenvalue weighted by Gasteiger charge is 2.15. The SMILES string of the molecule is C=CCP(=S)(OCC)OCCO. The molecule has 0 spiro atoms. The third-order valence-electron chi connectivity index (χ3n) is 1.06. The lowest BCUT2D eigenvalue weighted by Crippen LogP contribution is -2.02. The van der Waals surface area contributed by atoms with E-state index < -0.39 is 6.49 Å². The summed E-state index contributed by atoms with van der Waals surface area (Å²) < 4.78 is 10.5. The maximum absolute atomic E-state index is 8.53. The van der Waals surface area contributed by atoms with Crippen LogP contribution < -0.4 is 0 Å². The van der Waals surface area contributed by atoms with Gasteiger partial charge in [-0.25, -0.2) is 0 Å². The topological polar surface area (TPSA) is 38.7 Å². The Morgan fingerprint density at radius 3 is 2.67 bits per heavy atom. The maximum Gasteiger partial charge on any atom is 0.192 e. The van der Waals surface area contributed by atoms with Gasteiger partial charge in [-0.15, -0.1) is 6.58 Å². The normalized spacial score (nSPS) is 15.5. The van der Waals surface area contributed by atoms with Crippen LogP contribution in [0.2, 0.25) is 0 Å². The molecule has 0 fully saturated rings. The van der Waals surface area contributed by atoms with Crippen molar-refractivity contribution in [3.8, 4) is 0 Å². The molecule has 5 heteroatoms. The van der Waals surface area contributed by atoms with Crippen molar-refractivity contribution >= 4 is 18.3 Å². The van der Waals surface area contributed by atoms with Crippen molar-refractivity contribution in [2.45, 2.75) is 6.92 Å². The summed E-state index contributed by atoms with van der Waals surface area (Å²) in [5, 5.41) is 8.53. The zero-order chi connectivity index (χ0) is 9.45. The Hall–Kier alpha value is 0.270. The fourth-order valence-electron chi connectivity index (χ4n) is 0.677. The third kappa shape index (κ3) is 5.01. The molecule has 1 unspecified atom stereocenters. The number of hydrogen-bond acceptors (Lipinski definition) is 4. The van der Waals surface area contributed by atoms with Gasteiger partial charge in [-0.05, 0) is 18.7 Å². The molecule has 0 saturated heterocycles. The zero-order valence-electron chi connectivity index (χ0n) is 7.23. The van der Waals surface area contributed by atoms with Gasteiger partial charge in [0, 0.05) is 6.16 Å². The molecule has 0 heterocycles. The standard InChI is InChI=1S/C7H15O3PS/c1-3-7-11(12,9-4-2)10-6-5-8/h3,8H,1,4-7H2,2H3. The Morgan fingerprint density at radius 2 is 2.25 bits per heavy atom. The molecule has 0 aromatic carbocycles. The first-order valence-corrected chi connectivity index (χ1v) is 6.60. The lowest BCUT2D eigenvalue weighted by molar-refractivity contribution is 0.188. The first-order chi connectivity index (χ1) is 5.68. The molecule has 0 bridgehead atoms. The first-order valence-electron chi connectivity index (χ1n) is 3.78. The van der Waals surface area contributed by atoms with E-state index in [1.165, 1.54) is 0 Å². The van der Waals surface area contributed by atoms with Crippen LogP contribution in [0.25, 0.3) is 0 Å². The molecule has 0 saturated carbocycles. The maximum atomic E-state index is 8.53. The molecule has 0 aromatic heterocycles. The minimum atomic E-state index is -2.18. The van der Waals surface area contributed by atoms with E-state index in [0.717, 1.165) is 0 Å². The second-order valence-corrected chi connectivity index (χ2v) is 5.83. The van der Waals surface area contributed by atoms with Crippen molar-refractivity contribution in [1.29, 1.82) is 0 Å². The van der Waals surface area contributed by atoms with Crippen LogP contribution in [-0.4, -0.2) is 31.1 Å². The van der Waals surface area contributed by atoms with Gasteiger partial charge in [-0.3, -0.25) is 0 Å². The van der Waals surface area contributed by atoms with Crippen molar-refractivity contribution in [1.82, 2.24) is 0 Å². The van der Waals surface area contributed by atoms with E-state index >= 15 is 0 Å². The Balaban J connectivity index is 3.98. The van der Waals surface area contributed by atoms with Gasteiger partial charge in [0.1, 0.15) is 0 Å². The largest absolute Gasteiger partial charge is 0.394 e. The van der Waals surface area contributed by atoms with Crippen LogP contribution in [0.3, 0.4) is 0 Å². The fraction of sp³-hybridized carbons (Fsp3) is 0.714. The number of rotatable bonds is 7. The van der Waals surface area contributed by atoms with E-state index in [1.54, 1.807) is 6.08 Å². The molecule has 0 aliphatic heterocycles. The van der Waals surface area contributed by atoms with Crippen LogP contribution in [0.1, 0.15) is 6.92 Å². The van der Waals surface area contributed by atoms with Crippen LogP contribution >= 0.6 is 6.49 Å².